The van der Waals surface area contributed by atoms with Crippen molar-refractivity contribution < 1.29 is 33.7 Å². The maximum absolute atomic E-state index is 12.8. The van der Waals surface area contributed by atoms with Gasteiger partial charge in [0.15, 0.2) is 0 Å². The van der Waals surface area contributed by atoms with Crippen molar-refractivity contribution in [2.45, 2.75) is 156 Å². The van der Waals surface area contributed by atoms with Crippen LogP contribution < -0.4 is 0 Å². The summed E-state index contributed by atoms with van der Waals surface area (Å²) >= 11 is 2.26. The van der Waals surface area contributed by atoms with Crippen LogP contribution in [0.2, 0.25) is 16.6 Å². The molecule has 0 unspecified atom stereocenters. The number of halogens is 1. The van der Waals surface area contributed by atoms with Gasteiger partial charge in [-0.05, 0) is 107 Å². The van der Waals surface area contributed by atoms with Gasteiger partial charge in [-0.25, -0.2) is 0 Å². The molecule has 0 bridgehead atoms. The molecule has 0 aromatic heterocycles. The molecule has 1 aliphatic rings. The number of carbonyl (C=O) groups excluding carboxylic acids is 2. The summed E-state index contributed by atoms with van der Waals surface area (Å²) in [5.41, 5.74) is 1.36. The molecule has 1 saturated carbocycles. The van der Waals surface area contributed by atoms with E-state index in [0.29, 0.717) is 28.5 Å². The predicted octanol–water partition coefficient (Wildman–Crippen LogP) is 9.40. The Morgan fingerprint density at radius 2 is 1.38 bits per heavy atom. The van der Waals surface area contributed by atoms with Crippen molar-refractivity contribution in [2.75, 3.05) is 14.2 Å². The SMILES string of the molecule is COC(=O)C[C@H](O)[C@@H](C)C[C@@H](C)C[C@@H](C)C[C@H](C)[C@@H](O)/C(I)=C\C=C\C[C@H](O[Si](C(C)C)(C(C)C)C(C)C)[C@@H]1CCC[C@H]1C(=O)OC. The number of methoxy groups -OCH3 is 2. The smallest absolute Gasteiger partial charge is 0.309 e. The first kappa shape index (κ1) is 44.3. The van der Waals surface area contributed by atoms with Crippen LogP contribution in [0, 0.1) is 35.5 Å². The molecule has 7 nitrogen and oxygen atoms in total. The van der Waals surface area contributed by atoms with Gasteiger partial charge in [0.1, 0.15) is 0 Å². The Hall–Kier alpha value is -0.753. The molecule has 1 fully saturated rings. The van der Waals surface area contributed by atoms with Gasteiger partial charge < -0.3 is 24.1 Å². The highest BCUT2D eigenvalue weighted by Gasteiger charge is 2.49. The number of hydrogen-bond donors (Lipinski definition) is 2. The highest BCUT2D eigenvalue weighted by atomic mass is 127. The minimum Gasteiger partial charge on any atom is -0.469 e. The summed E-state index contributed by atoms with van der Waals surface area (Å²) < 4.78 is 18.2. The largest absolute Gasteiger partial charge is 0.469 e. The number of esters is 2. The van der Waals surface area contributed by atoms with Gasteiger partial charge in [0.05, 0.1) is 44.9 Å². The van der Waals surface area contributed by atoms with Crippen LogP contribution in [0.1, 0.15) is 121 Å². The molecule has 1 aliphatic carbocycles. The van der Waals surface area contributed by atoms with E-state index in [9.17, 15) is 19.8 Å². The van der Waals surface area contributed by atoms with E-state index in [-0.39, 0.29) is 48.1 Å². The summed E-state index contributed by atoms with van der Waals surface area (Å²) in [5.74, 6) is 0.454. The molecule has 274 valence electrons. The standard InChI is InChI=1S/C38H69IO7Si/c1-24(2)47(25(3)4,26(5)6)46-35(31-16-15-17-32(31)38(43)45-12)19-14-13-18-33(39)37(42)30(10)22-28(8)20-27(7)21-29(9)34(40)23-36(41)44-11/h13-14,18,24-32,34-35,37,40,42H,15-17,19-23H2,1-12H3/b14-13+,33-18+/t27-,28+,29-,30-,31+,32+,34-,35-,37+/m0/s1. The van der Waals surface area contributed by atoms with Crippen LogP contribution >= 0.6 is 22.6 Å². The van der Waals surface area contributed by atoms with Gasteiger partial charge in [-0.15, -0.1) is 0 Å². The van der Waals surface area contributed by atoms with Gasteiger partial charge in [0.2, 0.25) is 8.32 Å². The monoisotopic (exact) mass is 792 g/mol. The third kappa shape index (κ3) is 13.5. The van der Waals surface area contributed by atoms with E-state index < -0.39 is 20.5 Å². The van der Waals surface area contributed by atoms with Crippen LogP contribution in [0.25, 0.3) is 0 Å². The van der Waals surface area contributed by atoms with E-state index in [4.69, 9.17) is 13.9 Å². The zero-order chi connectivity index (χ0) is 36.1. The molecule has 0 radical (unpaired) electrons. The van der Waals surface area contributed by atoms with Crippen molar-refractivity contribution >= 4 is 42.8 Å². The van der Waals surface area contributed by atoms with Crippen LogP contribution in [-0.2, 0) is 23.5 Å². The third-order valence-electron chi connectivity index (χ3n) is 10.8. The first-order valence-electron chi connectivity index (χ1n) is 18.1. The Morgan fingerprint density at radius 1 is 0.830 bits per heavy atom. The summed E-state index contributed by atoms with van der Waals surface area (Å²) in [6.45, 7) is 22.3. The Kier molecular flexibility index (Phi) is 20.2. The Bertz CT molecular complexity index is 975. The normalized spacial score (nSPS) is 22.4. The number of allylic oxidation sites excluding steroid dienone is 2. The molecule has 0 heterocycles. The van der Waals surface area contributed by atoms with Crippen LogP contribution in [0.3, 0.4) is 0 Å². The molecule has 9 heteroatoms. The van der Waals surface area contributed by atoms with Crippen molar-refractivity contribution in [1.29, 1.82) is 0 Å². The molecule has 0 amide bonds. The zero-order valence-electron chi connectivity index (χ0n) is 31.6. The number of rotatable bonds is 21. The lowest BCUT2D eigenvalue weighted by Gasteiger charge is -2.46. The zero-order valence-corrected chi connectivity index (χ0v) is 34.8. The molecule has 0 spiro atoms. The summed E-state index contributed by atoms with van der Waals surface area (Å²) in [6, 6.07) is 0. The van der Waals surface area contributed by atoms with Crippen molar-refractivity contribution in [1.82, 2.24) is 0 Å². The molecule has 2 N–H and O–H groups in total. The number of carbonyl (C=O) groups is 2. The van der Waals surface area contributed by atoms with Crippen molar-refractivity contribution in [3.63, 3.8) is 0 Å². The topological polar surface area (TPSA) is 102 Å². The van der Waals surface area contributed by atoms with Gasteiger partial charge in [0, 0.05) is 3.58 Å². The molecular weight excluding hydrogens is 723 g/mol. The second kappa shape index (κ2) is 21.5. The number of hydrogen-bond acceptors (Lipinski definition) is 7. The number of aliphatic hydroxyl groups excluding tert-OH is 2. The van der Waals surface area contributed by atoms with E-state index in [0.717, 1.165) is 48.5 Å². The molecule has 0 saturated heterocycles. The summed E-state index contributed by atoms with van der Waals surface area (Å²) in [7, 11) is 0.662. The molecule has 0 aromatic rings. The highest BCUT2D eigenvalue weighted by molar-refractivity contribution is 14.1. The van der Waals surface area contributed by atoms with E-state index in [2.05, 4.69) is 91.0 Å². The summed E-state index contributed by atoms with van der Waals surface area (Å²) in [5, 5.41) is 21.5. The van der Waals surface area contributed by atoms with Gasteiger partial charge in [-0.1, -0.05) is 93.9 Å². The second-order valence-electron chi connectivity index (χ2n) is 15.6. The van der Waals surface area contributed by atoms with Crippen molar-refractivity contribution in [3.05, 3.63) is 21.8 Å². The van der Waals surface area contributed by atoms with Crippen LogP contribution in [0.4, 0.5) is 0 Å². The van der Waals surface area contributed by atoms with Crippen molar-refractivity contribution in [3.8, 4) is 0 Å². The van der Waals surface area contributed by atoms with Gasteiger partial charge >= 0.3 is 11.9 Å². The van der Waals surface area contributed by atoms with Gasteiger partial charge in [-0.3, -0.25) is 9.59 Å². The molecule has 0 aliphatic heterocycles. The summed E-state index contributed by atoms with van der Waals surface area (Å²) in [6.07, 6.45) is 11.3. The maximum Gasteiger partial charge on any atom is 0.309 e. The molecule has 1 rings (SSSR count). The first-order valence-corrected chi connectivity index (χ1v) is 21.3. The molecule has 47 heavy (non-hydrogen) atoms. The number of ether oxygens (including phenoxy) is 2. The van der Waals surface area contributed by atoms with E-state index >= 15 is 0 Å². The fourth-order valence-corrected chi connectivity index (χ4v) is 14.9. The Labute approximate surface area is 302 Å². The molecule has 9 atom stereocenters. The van der Waals surface area contributed by atoms with Crippen molar-refractivity contribution in [2.24, 2.45) is 35.5 Å². The van der Waals surface area contributed by atoms with E-state index in [1.54, 1.807) is 0 Å². The van der Waals surface area contributed by atoms with E-state index in [1.165, 1.54) is 14.2 Å². The fourth-order valence-electron chi connectivity index (χ4n) is 8.49. The Morgan fingerprint density at radius 3 is 1.89 bits per heavy atom. The maximum atomic E-state index is 12.8. The predicted molar refractivity (Wildman–Crippen MR) is 204 cm³/mol. The fraction of sp³-hybridized carbons (Fsp3) is 0.842. The second-order valence-corrected chi connectivity index (χ2v) is 22.2. The minimum absolute atomic E-state index is 0.0138. The lowest BCUT2D eigenvalue weighted by Crippen LogP contribution is -2.52. The van der Waals surface area contributed by atoms with Crippen LogP contribution in [0.5, 0.6) is 0 Å². The minimum atomic E-state index is -2.17. The average molecular weight is 793 g/mol. The Balaban J connectivity index is 2.94. The lowest BCUT2D eigenvalue weighted by molar-refractivity contribution is -0.148. The average Bonchev–Trinajstić information content (AvgIpc) is 3.48. The van der Waals surface area contributed by atoms with Crippen LogP contribution in [0.15, 0.2) is 21.8 Å². The third-order valence-corrected chi connectivity index (χ3v) is 17.9. The van der Waals surface area contributed by atoms with Gasteiger partial charge in [-0.2, -0.15) is 0 Å². The van der Waals surface area contributed by atoms with Gasteiger partial charge in [0.25, 0.3) is 0 Å². The quantitative estimate of drug-likeness (QED) is 0.0517. The summed E-state index contributed by atoms with van der Waals surface area (Å²) in [4.78, 5) is 24.3. The first-order chi connectivity index (χ1) is 21.9. The van der Waals surface area contributed by atoms with E-state index in [1.807, 2.05) is 19.1 Å². The lowest BCUT2D eigenvalue weighted by atomic mass is 9.83. The molecular formula is C38H69IO7Si. The highest BCUT2D eigenvalue weighted by Crippen LogP contribution is 2.47. The van der Waals surface area contributed by atoms with Crippen LogP contribution in [-0.4, -0.2) is 63.0 Å². The number of aliphatic hydroxyl groups is 2. The molecule has 0 aromatic carbocycles.